The summed E-state index contributed by atoms with van der Waals surface area (Å²) in [5.74, 6) is 0.903. The zero-order valence-electron chi connectivity index (χ0n) is 15.8. The normalized spacial score (nSPS) is 23.0. The van der Waals surface area contributed by atoms with E-state index in [9.17, 15) is 18.3 Å². The first kappa shape index (κ1) is 19.0. The van der Waals surface area contributed by atoms with Crippen molar-refractivity contribution in [2.45, 2.75) is 44.5 Å². The molecule has 0 fully saturated rings. The highest BCUT2D eigenvalue weighted by atomic mass is 19.4. The van der Waals surface area contributed by atoms with Gasteiger partial charge in [0.15, 0.2) is 6.54 Å². The molecule has 2 aromatic rings. The number of alkyl halides is 3. The van der Waals surface area contributed by atoms with Crippen LogP contribution in [-0.2, 0) is 11.9 Å². The molecule has 2 aromatic carbocycles. The maximum atomic E-state index is 13.2. The number of hydrogen-bond donors (Lipinski definition) is 1. The van der Waals surface area contributed by atoms with Gasteiger partial charge in [0.25, 0.3) is 11.6 Å². The minimum atomic E-state index is -4.39. The summed E-state index contributed by atoms with van der Waals surface area (Å²) >= 11 is 0. The van der Waals surface area contributed by atoms with Crippen LogP contribution in [0.3, 0.4) is 0 Å². The summed E-state index contributed by atoms with van der Waals surface area (Å²) in [6.45, 7) is 2.89. The van der Waals surface area contributed by atoms with Crippen LogP contribution in [0.4, 0.5) is 18.9 Å². The van der Waals surface area contributed by atoms with Crippen LogP contribution in [0.1, 0.15) is 42.4 Å². The Hall–Kier alpha value is -2.34. The maximum Gasteiger partial charge on any atom is 0.416 e. The van der Waals surface area contributed by atoms with Crippen LogP contribution in [0.15, 0.2) is 48.5 Å². The first-order valence-corrected chi connectivity index (χ1v) is 9.67. The Morgan fingerprint density at radius 3 is 2.50 bits per heavy atom. The molecular weight excluding hydrogens is 365 g/mol. The smallest absolute Gasteiger partial charge is 0.346 e. The van der Waals surface area contributed by atoms with Gasteiger partial charge in [0.2, 0.25) is 0 Å². The molecule has 1 atom stereocenters. The van der Waals surface area contributed by atoms with Crippen molar-refractivity contribution in [2.24, 2.45) is 0 Å². The second-order valence-corrected chi connectivity index (χ2v) is 7.70. The molecule has 0 amide bonds. The molecule has 0 radical (unpaired) electrons. The van der Waals surface area contributed by atoms with E-state index in [1.807, 2.05) is 40.7 Å². The summed E-state index contributed by atoms with van der Waals surface area (Å²) in [6, 6.07) is 13.1. The van der Waals surface area contributed by atoms with Crippen molar-refractivity contribution >= 4 is 11.5 Å². The predicted molar refractivity (Wildman–Crippen MR) is 102 cm³/mol. The molecule has 6 heteroatoms. The topological polar surface area (TPSA) is 26.5 Å². The number of benzene rings is 2. The van der Waals surface area contributed by atoms with Gasteiger partial charge in [0.05, 0.1) is 12.1 Å². The van der Waals surface area contributed by atoms with Crippen LogP contribution in [0.2, 0.25) is 0 Å². The van der Waals surface area contributed by atoms with E-state index in [2.05, 4.69) is 0 Å². The van der Waals surface area contributed by atoms with Gasteiger partial charge in [-0.1, -0.05) is 35.9 Å². The van der Waals surface area contributed by atoms with Gasteiger partial charge in [-0.05, 0) is 44.4 Å². The molecule has 1 N–H and O–H groups in total. The van der Waals surface area contributed by atoms with Gasteiger partial charge in [-0.2, -0.15) is 13.2 Å². The highest BCUT2D eigenvalue weighted by molar-refractivity contribution is 5.96. The maximum absolute atomic E-state index is 13.2. The Balaban J connectivity index is 1.80. The van der Waals surface area contributed by atoms with Crippen LogP contribution in [-0.4, -0.2) is 28.6 Å². The van der Waals surface area contributed by atoms with E-state index in [4.69, 9.17) is 0 Å². The Morgan fingerprint density at radius 2 is 1.79 bits per heavy atom. The quantitative estimate of drug-likeness (QED) is 0.756. The van der Waals surface area contributed by atoms with Crippen LogP contribution in [0.25, 0.3) is 0 Å². The minimum Gasteiger partial charge on any atom is -0.346 e. The number of nitrogens with zero attached hydrogens (tertiary/aromatic N) is 2. The number of amidine groups is 1. The van der Waals surface area contributed by atoms with Gasteiger partial charge in [-0.25, -0.2) is 9.48 Å². The molecule has 2 aliphatic heterocycles. The fourth-order valence-corrected chi connectivity index (χ4v) is 4.23. The third-order valence-electron chi connectivity index (χ3n) is 5.73. The molecule has 2 aliphatic rings. The van der Waals surface area contributed by atoms with E-state index >= 15 is 0 Å². The van der Waals surface area contributed by atoms with Crippen molar-refractivity contribution in [1.82, 2.24) is 0 Å². The number of halogens is 3. The first-order valence-electron chi connectivity index (χ1n) is 9.67. The number of β-amino-alcohol motifs (C(OH)–C–C–N with tert-alkyl or cyclic N) is 1. The van der Waals surface area contributed by atoms with Crippen molar-refractivity contribution in [2.75, 3.05) is 18.0 Å². The van der Waals surface area contributed by atoms with Crippen molar-refractivity contribution in [3.63, 3.8) is 0 Å². The lowest BCUT2D eigenvalue weighted by Gasteiger charge is -2.23. The molecular formula is C22H24F3N2O+. The third kappa shape index (κ3) is 3.30. The largest absolute Gasteiger partial charge is 0.416 e. The second kappa shape index (κ2) is 6.92. The molecule has 0 saturated heterocycles. The second-order valence-electron chi connectivity index (χ2n) is 7.70. The molecule has 3 nitrogen and oxygen atoms in total. The highest BCUT2D eigenvalue weighted by Crippen LogP contribution is 2.37. The SMILES string of the molecule is Cc1ccc([C@@]2(O)CN(c3cccc(C(F)(F)F)c3)C3=[N+]2CCCCC3)cc1. The number of rotatable bonds is 2. The van der Waals surface area contributed by atoms with Crippen LogP contribution in [0, 0.1) is 6.92 Å². The molecule has 0 spiro atoms. The standard InChI is InChI=1S/C22H24F3N2O/c1-16-9-11-17(12-10-16)21(28)15-26(20-8-3-2-4-13-27(20)21)19-7-5-6-18(14-19)22(23,24)25/h5-7,9-12,14,28H,2-4,8,13,15H2,1H3/q+1/t21-/m0/s1. The molecule has 0 bridgehead atoms. The Labute approximate surface area is 162 Å². The molecule has 2 heterocycles. The van der Waals surface area contributed by atoms with E-state index in [1.54, 1.807) is 6.07 Å². The summed E-state index contributed by atoms with van der Waals surface area (Å²) in [5.41, 5.74) is 0.421. The van der Waals surface area contributed by atoms with Crippen LogP contribution in [0.5, 0.6) is 0 Å². The lowest BCUT2D eigenvalue weighted by Crippen LogP contribution is -2.41. The average Bonchev–Trinajstić information content (AvgIpc) is 2.82. The highest BCUT2D eigenvalue weighted by Gasteiger charge is 2.52. The summed E-state index contributed by atoms with van der Waals surface area (Å²) in [5, 5.41) is 11.7. The number of hydrogen-bond acceptors (Lipinski definition) is 2. The monoisotopic (exact) mass is 389 g/mol. The number of aryl methyl sites for hydroxylation is 1. The van der Waals surface area contributed by atoms with Gasteiger partial charge >= 0.3 is 6.18 Å². The lowest BCUT2D eigenvalue weighted by molar-refractivity contribution is -0.658. The van der Waals surface area contributed by atoms with Crippen molar-refractivity contribution < 1.29 is 22.9 Å². The average molecular weight is 389 g/mol. The summed E-state index contributed by atoms with van der Waals surface area (Å²) in [7, 11) is 0. The third-order valence-corrected chi connectivity index (χ3v) is 5.73. The summed E-state index contributed by atoms with van der Waals surface area (Å²) in [6.07, 6.45) is -0.693. The van der Waals surface area contributed by atoms with Gasteiger partial charge in [0, 0.05) is 12.0 Å². The van der Waals surface area contributed by atoms with E-state index < -0.39 is 17.5 Å². The first-order chi connectivity index (χ1) is 13.3. The van der Waals surface area contributed by atoms with E-state index in [1.165, 1.54) is 12.1 Å². The number of aliphatic hydroxyl groups is 1. The molecule has 4 rings (SSSR count). The Bertz CT molecular complexity index is 905. The van der Waals surface area contributed by atoms with Crippen molar-refractivity contribution in [1.29, 1.82) is 0 Å². The van der Waals surface area contributed by atoms with Gasteiger partial charge in [-0.15, -0.1) is 0 Å². The van der Waals surface area contributed by atoms with Gasteiger partial charge in [-0.3, -0.25) is 0 Å². The number of anilines is 1. The molecule has 0 aromatic heterocycles. The Kier molecular flexibility index (Phi) is 4.70. The van der Waals surface area contributed by atoms with Gasteiger partial charge < -0.3 is 5.11 Å². The van der Waals surface area contributed by atoms with E-state index in [-0.39, 0.29) is 6.54 Å². The molecule has 148 valence electrons. The van der Waals surface area contributed by atoms with Crippen LogP contribution >= 0.6 is 0 Å². The fraction of sp³-hybridized carbons (Fsp3) is 0.409. The lowest BCUT2D eigenvalue weighted by atomic mass is 10.0. The van der Waals surface area contributed by atoms with Crippen molar-refractivity contribution in [3.05, 3.63) is 65.2 Å². The van der Waals surface area contributed by atoms with E-state index in [0.29, 0.717) is 12.2 Å². The van der Waals surface area contributed by atoms with Crippen LogP contribution < -0.4 is 4.90 Å². The molecule has 0 aliphatic carbocycles. The summed E-state index contributed by atoms with van der Waals surface area (Å²) in [4.78, 5) is 1.86. The fourth-order valence-electron chi connectivity index (χ4n) is 4.23. The predicted octanol–water partition coefficient (Wildman–Crippen LogP) is 4.66. The Morgan fingerprint density at radius 1 is 1.04 bits per heavy atom. The van der Waals surface area contributed by atoms with E-state index in [0.717, 1.165) is 48.7 Å². The molecule has 0 unspecified atom stereocenters. The minimum absolute atomic E-state index is 0.215. The van der Waals surface area contributed by atoms with Crippen molar-refractivity contribution in [3.8, 4) is 0 Å². The summed E-state index contributed by atoms with van der Waals surface area (Å²) < 4.78 is 41.7. The zero-order valence-corrected chi connectivity index (χ0v) is 15.8. The zero-order chi connectivity index (χ0) is 19.9. The molecule has 28 heavy (non-hydrogen) atoms. The molecule has 0 saturated carbocycles. The van der Waals surface area contributed by atoms with Gasteiger partial charge in [0.1, 0.15) is 5.69 Å².